The minimum absolute atomic E-state index is 0.0149. The number of hydrogen-bond donors (Lipinski definition) is 1. The lowest BCUT2D eigenvalue weighted by atomic mass is 10.0. The number of fused-ring (bicyclic) bond motifs is 1. The standard InChI is InChI=1S/C24H19N7O5/c1-12-5-14(3)22-18(6-12)13(2)7-21(27-22)29-23(16(10-25)11-26-29)28-24(32)19-8-17(30(33)34)9-20(15(19)4)31(35)36/h5-9,11H,1-4H3,(H,28,32). The first-order valence-electron chi connectivity index (χ1n) is 10.6. The molecule has 180 valence electrons. The Morgan fingerprint density at radius 1 is 1.03 bits per heavy atom. The number of carbonyl (C=O) groups is 1. The van der Waals surface area contributed by atoms with E-state index in [4.69, 9.17) is 0 Å². The molecule has 2 aromatic heterocycles. The van der Waals surface area contributed by atoms with Gasteiger partial charge in [0.05, 0.1) is 33.2 Å². The Balaban J connectivity index is 1.84. The summed E-state index contributed by atoms with van der Waals surface area (Å²) in [6, 6.07) is 9.45. The highest BCUT2D eigenvalue weighted by Gasteiger charge is 2.26. The number of nitrogens with zero attached hydrogens (tertiary/aromatic N) is 6. The van der Waals surface area contributed by atoms with Crippen molar-refractivity contribution in [3.05, 3.63) is 90.1 Å². The van der Waals surface area contributed by atoms with Crippen molar-refractivity contribution in [2.45, 2.75) is 27.7 Å². The van der Waals surface area contributed by atoms with Gasteiger partial charge in [-0.1, -0.05) is 11.6 Å². The zero-order valence-electron chi connectivity index (χ0n) is 19.7. The summed E-state index contributed by atoms with van der Waals surface area (Å²) in [6.45, 7) is 7.14. The molecule has 2 aromatic carbocycles. The van der Waals surface area contributed by atoms with Crippen molar-refractivity contribution in [2.24, 2.45) is 0 Å². The van der Waals surface area contributed by atoms with E-state index in [0.29, 0.717) is 5.82 Å². The van der Waals surface area contributed by atoms with E-state index in [1.165, 1.54) is 17.8 Å². The van der Waals surface area contributed by atoms with E-state index >= 15 is 0 Å². The number of pyridine rings is 1. The fourth-order valence-corrected chi connectivity index (χ4v) is 4.05. The Morgan fingerprint density at radius 2 is 1.75 bits per heavy atom. The average molecular weight is 485 g/mol. The van der Waals surface area contributed by atoms with E-state index < -0.39 is 27.1 Å². The molecule has 0 saturated carbocycles. The number of non-ortho nitro benzene ring substituents is 1. The fourth-order valence-electron chi connectivity index (χ4n) is 4.05. The van der Waals surface area contributed by atoms with Gasteiger partial charge in [0.2, 0.25) is 0 Å². The van der Waals surface area contributed by atoms with Crippen LogP contribution in [-0.2, 0) is 0 Å². The van der Waals surface area contributed by atoms with Gasteiger partial charge in [0, 0.05) is 17.0 Å². The molecule has 1 N–H and O–H groups in total. The van der Waals surface area contributed by atoms with E-state index in [2.05, 4.69) is 15.4 Å². The van der Waals surface area contributed by atoms with Crippen molar-refractivity contribution in [3.8, 4) is 11.9 Å². The maximum absolute atomic E-state index is 13.2. The Morgan fingerprint density at radius 3 is 2.39 bits per heavy atom. The van der Waals surface area contributed by atoms with E-state index in [9.17, 15) is 30.3 Å². The van der Waals surface area contributed by atoms with Crippen LogP contribution in [0, 0.1) is 59.3 Å². The number of nitriles is 1. The van der Waals surface area contributed by atoms with Gasteiger partial charge in [0.25, 0.3) is 17.3 Å². The average Bonchev–Trinajstić information content (AvgIpc) is 3.21. The molecule has 0 radical (unpaired) electrons. The van der Waals surface area contributed by atoms with E-state index in [1.807, 2.05) is 39.0 Å². The maximum atomic E-state index is 13.2. The number of aryl methyl sites for hydroxylation is 3. The molecule has 0 saturated heterocycles. The lowest BCUT2D eigenvalue weighted by Crippen LogP contribution is -2.18. The number of benzene rings is 2. The third-order valence-corrected chi connectivity index (χ3v) is 5.80. The van der Waals surface area contributed by atoms with Gasteiger partial charge in [-0.05, 0) is 51.0 Å². The molecule has 1 amide bonds. The lowest BCUT2D eigenvalue weighted by Gasteiger charge is -2.13. The van der Waals surface area contributed by atoms with Crippen LogP contribution >= 0.6 is 0 Å². The zero-order valence-corrected chi connectivity index (χ0v) is 19.7. The smallest absolute Gasteiger partial charge is 0.279 e. The summed E-state index contributed by atoms with van der Waals surface area (Å²) >= 11 is 0. The number of nitro benzene ring substituents is 2. The number of amides is 1. The number of carbonyl (C=O) groups excluding carboxylic acids is 1. The zero-order chi connectivity index (χ0) is 26.3. The quantitative estimate of drug-likeness (QED) is 0.316. The Bertz CT molecular complexity index is 1650. The summed E-state index contributed by atoms with van der Waals surface area (Å²) in [7, 11) is 0. The van der Waals surface area contributed by atoms with Gasteiger partial charge in [-0.2, -0.15) is 15.0 Å². The molecule has 0 atom stereocenters. The first kappa shape index (κ1) is 24.0. The number of nitrogens with one attached hydrogen (secondary N) is 1. The van der Waals surface area contributed by atoms with Crippen LogP contribution in [0.25, 0.3) is 16.7 Å². The lowest BCUT2D eigenvalue weighted by molar-refractivity contribution is -0.394. The summed E-state index contributed by atoms with van der Waals surface area (Å²) in [5, 5.41) is 40.0. The molecule has 0 unspecified atom stereocenters. The molecule has 12 heteroatoms. The minimum atomic E-state index is -0.873. The van der Waals surface area contributed by atoms with Crippen molar-refractivity contribution in [3.63, 3.8) is 0 Å². The SMILES string of the molecule is Cc1cc(C)c2nc(-n3ncc(C#N)c3NC(=O)c3cc([N+](=O)[O-])cc([N+](=O)[O-])c3C)cc(C)c2c1. The van der Waals surface area contributed by atoms with Crippen LogP contribution in [0.1, 0.15) is 38.2 Å². The molecular formula is C24H19N7O5. The molecular weight excluding hydrogens is 466 g/mol. The van der Waals surface area contributed by atoms with E-state index in [1.54, 1.807) is 6.07 Å². The largest absolute Gasteiger partial charge is 0.305 e. The van der Waals surface area contributed by atoms with Crippen molar-refractivity contribution in [1.29, 1.82) is 5.26 Å². The second-order valence-corrected chi connectivity index (χ2v) is 8.31. The first-order chi connectivity index (χ1) is 17.0. The Labute approximate surface area is 204 Å². The van der Waals surface area contributed by atoms with Gasteiger partial charge >= 0.3 is 0 Å². The van der Waals surface area contributed by atoms with Crippen LogP contribution in [0.2, 0.25) is 0 Å². The predicted octanol–water partition coefficient (Wildman–Crippen LogP) is 4.59. The van der Waals surface area contributed by atoms with E-state index in [0.717, 1.165) is 39.7 Å². The van der Waals surface area contributed by atoms with Gasteiger partial charge in [0.15, 0.2) is 11.6 Å². The highest BCUT2D eigenvalue weighted by atomic mass is 16.6. The third kappa shape index (κ3) is 4.09. The number of aromatic nitrogens is 3. The first-order valence-corrected chi connectivity index (χ1v) is 10.6. The molecule has 0 bridgehead atoms. The van der Waals surface area contributed by atoms with Gasteiger partial charge in [-0.15, -0.1) is 0 Å². The number of nitro groups is 2. The van der Waals surface area contributed by atoms with Crippen LogP contribution in [0.15, 0.2) is 36.5 Å². The van der Waals surface area contributed by atoms with Gasteiger partial charge in [-0.25, -0.2) is 4.98 Å². The predicted molar refractivity (Wildman–Crippen MR) is 130 cm³/mol. The number of hydrogen-bond acceptors (Lipinski definition) is 8. The van der Waals surface area contributed by atoms with Crippen molar-refractivity contribution >= 4 is 34.0 Å². The molecule has 0 fully saturated rings. The summed E-state index contributed by atoms with van der Waals surface area (Å²) in [4.78, 5) is 38.9. The summed E-state index contributed by atoms with van der Waals surface area (Å²) < 4.78 is 1.28. The van der Waals surface area contributed by atoms with Crippen LogP contribution in [0.5, 0.6) is 0 Å². The van der Waals surface area contributed by atoms with Gasteiger partial charge in [0.1, 0.15) is 11.6 Å². The second kappa shape index (κ2) is 8.88. The monoisotopic (exact) mass is 485 g/mol. The Kier molecular flexibility index (Phi) is 5.91. The molecule has 12 nitrogen and oxygen atoms in total. The highest BCUT2D eigenvalue weighted by molar-refractivity contribution is 6.06. The fraction of sp³-hybridized carbons (Fsp3) is 0.167. The molecule has 4 aromatic rings. The second-order valence-electron chi connectivity index (χ2n) is 8.31. The number of rotatable bonds is 5. The maximum Gasteiger partial charge on any atom is 0.279 e. The van der Waals surface area contributed by atoms with E-state index in [-0.39, 0.29) is 22.5 Å². The molecule has 2 heterocycles. The molecule has 0 aliphatic carbocycles. The molecule has 0 aliphatic heterocycles. The third-order valence-electron chi connectivity index (χ3n) is 5.80. The van der Waals surface area contributed by atoms with Crippen LogP contribution in [0.3, 0.4) is 0 Å². The number of anilines is 1. The van der Waals surface area contributed by atoms with Crippen molar-refractivity contribution in [2.75, 3.05) is 5.32 Å². The van der Waals surface area contributed by atoms with Gasteiger partial charge < -0.3 is 5.32 Å². The van der Waals surface area contributed by atoms with Crippen LogP contribution < -0.4 is 5.32 Å². The molecule has 0 spiro atoms. The summed E-state index contributed by atoms with van der Waals surface area (Å²) in [5.41, 5.74) is 2.15. The molecule has 4 rings (SSSR count). The topological polar surface area (TPSA) is 170 Å². The molecule has 0 aliphatic rings. The van der Waals surface area contributed by atoms with Crippen LogP contribution in [-0.4, -0.2) is 30.5 Å². The molecule has 36 heavy (non-hydrogen) atoms. The summed E-state index contributed by atoms with van der Waals surface area (Å²) in [5.74, 6) is -0.556. The Hall–Kier alpha value is -5.18. The normalized spacial score (nSPS) is 10.8. The van der Waals surface area contributed by atoms with Crippen LogP contribution in [0.4, 0.5) is 17.2 Å². The van der Waals surface area contributed by atoms with Crippen molar-refractivity contribution < 1.29 is 14.6 Å². The summed E-state index contributed by atoms with van der Waals surface area (Å²) in [6.07, 6.45) is 1.25. The van der Waals surface area contributed by atoms with Crippen molar-refractivity contribution in [1.82, 2.24) is 14.8 Å². The minimum Gasteiger partial charge on any atom is -0.305 e. The van der Waals surface area contributed by atoms with Gasteiger partial charge in [-0.3, -0.25) is 25.0 Å². The highest BCUT2D eigenvalue weighted by Crippen LogP contribution is 2.30.